The van der Waals surface area contributed by atoms with Crippen LogP contribution >= 0.6 is 0 Å². The van der Waals surface area contributed by atoms with Gasteiger partial charge in [-0.1, -0.05) is 30.3 Å². The maximum absolute atomic E-state index is 12.1. The highest BCUT2D eigenvalue weighted by Crippen LogP contribution is 2.31. The standard InChI is InChI=1S/C18H19N3O4/c22-18(19-11-9-13-5-7-14(8-6-13)21(23)24)20-16-10-12-25-17-4-2-1-3-15(16)17/h1-8,16H,9-12H2,(H2,19,20,22). The highest BCUT2D eigenvalue weighted by molar-refractivity contribution is 5.74. The number of ether oxygens (including phenoxy) is 1. The Bertz CT molecular complexity index is 761. The van der Waals surface area contributed by atoms with Crippen LogP contribution in [0.5, 0.6) is 5.75 Å². The minimum Gasteiger partial charge on any atom is -0.493 e. The Morgan fingerprint density at radius 3 is 2.72 bits per heavy atom. The van der Waals surface area contributed by atoms with Crippen molar-refractivity contribution in [2.24, 2.45) is 0 Å². The molecule has 0 aromatic heterocycles. The van der Waals surface area contributed by atoms with E-state index in [2.05, 4.69) is 10.6 Å². The second-order valence-corrected chi connectivity index (χ2v) is 5.80. The molecule has 1 aliphatic rings. The first-order chi connectivity index (χ1) is 12.1. The van der Waals surface area contributed by atoms with E-state index in [1.54, 1.807) is 12.1 Å². The summed E-state index contributed by atoms with van der Waals surface area (Å²) in [4.78, 5) is 22.3. The number of benzene rings is 2. The number of amides is 2. The first-order valence-electron chi connectivity index (χ1n) is 8.13. The first-order valence-corrected chi connectivity index (χ1v) is 8.13. The fraction of sp³-hybridized carbons (Fsp3) is 0.278. The molecule has 0 saturated heterocycles. The van der Waals surface area contributed by atoms with Crippen molar-refractivity contribution in [3.05, 3.63) is 69.8 Å². The predicted octanol–water partition coefficient (Wildman–Crippen LogP) is 2.96. The van der Waals surface area contributed by atoms with Crippen molar-refractivity contribution in [1.82, 2.24) is 10.6 Å². The molecule has 0 radical (unpaired) electrons. The molecule has 0 spiro atoms. The Kier molecular flexibility index (Phi) is 5.13. The molecule has 1 aliphatic heterocycles. The summed E-state index contributed by atoms with van der Waals surface area (Å²) in [5.74, 6) is 0.810. The summed E-state index contributed by atoms with van der Waals surface area (Å²) in [5.41, 5.74) is 1.98. The van der Waals surface area contributed by atoms with E-state index < -0.39 is 4.92 Å². The summed E-state index contributed by atoms with van der Waals surface area (Å²) in [5, 5.41) is 16.4. The van der Waals surface area contributed by atoms with Gasteiger partial charge in [0.2, 0.25) is 0 Å². The monoisotopic (exact) mass is 341 g/mol. The molecule has 0 bridgehead atoms. The van der Waals surface area contributed by atoms with E-state index in [0.717, 1.165) is 23.3 Å². The molecule has 2 N–H and O–H groups in total. The summed E-state index contributed by atoms with van der Waals surface area (Å²) < 4.78 is 5.58. The Morgan fingerprint density at radius 1 is 1.20 bits per heavy atom. The Morgan fingerprint density at radius 2 is 1.96 bits per heavy atom. The molecule has 2 aromatic carbocycles. The summed E-state index contributed by atoms with van der Waals surface area (Å²) in [7, 11) is 0. The summed E-state index contributed by atoms with van der Waals surface area (Å²) >= 11 is 0. The van der Waals surface area contributed by atoms with Crippen molar-refractivity contribution in [2.75, 3.05) is 13.2 Å². The van der Waals surface area contributed by atoms with Gasteiger partial charge in [0.15, 0.2) is 0 Å². The van der Waals surface area contributed by atoms with Gasteiger partial charge >= 0.3 is 6.03 Å². The van der Waals surface area contributed by atoms with Gasteiger partial charge in [-0.05, 0) is 18.1 Å². The Labute approximate surface area is 145 Å². The normalized spacial score (nSPS) is 15.6. The first kappa shape index (κ1) is 16.8. The van der Waals surface area contributed by atoms with Crippen LogP contribution in [0.2, 0.25) is 0 Å². The number of nitrogens with one attached hydrogen (secondary N) is 2. The lowest BCUT2D eigenvalue weighted by Gasteiger charge is -2.26. The molecule has 25 heavy (non-hydrogen) atoms. The van der Waals surface area contributed by atoms with Gasteiger partial charge in [0, 0.05) is 30.7 Å². The molecule has 2 aromatic rings. The minimum atomic E-state index is -0.429. The smallest absolute Gasteiger partial charge is 0.315 e. The molecule has 7 nitrogen and oxygen atoms in total. The fourth-order valence-corrected chi connectivity index (χ4v) is 2.81. The number of hydrogen-bond acceptors (Lipinski definition) is 4. The zero-order valence-corrected chi connectivity index (χ0v) is 13.6. The van der Waals surface area contributed by atoms with Gasteiger partial charge in [-0.2, -0.15) is 0 Å². The van der Waals surface area contributed by atoms with E-state index in [4.69, 9.17) is 4.74 Å². The number of carbonyl (C=O) groups is 1. The van der Waals surface area contributed by atoms with Crippen LogP contribution in [0.3, 0.4) is 0 Å². The van der Waals surface area contributed by atoms with Gasteiger partial charge in [-0.3, -0.25) is 10.1 Å². The number of nitro groups is 1. The van der Waals surface area contributed by atoms with E-state index in [1.807, 2.05) is 24.3 Å². The lowest BCUT2D eigenvalue weighted by molar-refractivity contribution is -0.384. The van der Waals surface area contributed by atoms with Crippen LogP contribution in [0.4, 0.5) is 10.5 Å². The van der Waals surface area contributed by atoms with Crippen LogP contribution in [-0.4, -0.2) is 24.1 Å². The number of nitrogens with zero attached hydrogens (tertiary/aromatic N) is 1. The van der Waals surface area contributed by atoms with Crippen molar-refractivity contribution in [2.45, 2.75) is 18.9 Å². The average molecular weight is 341 g/mol. The molecule has 0 aliphatic carbocycles. The van der Waals surface area contributed by atoms with Crippen molar-refractivity contribution >= 4 is 11.7 Å². The quantitative estimate of drug-likeness (QED) is 0.646. The zero-order chi connectivity index (χ0) is 17.6. The van der Waals surface area contributed by atoms with Crippen molar-refractivity contribution in [3.8, 4) is 5.75 Å². The molecule has 0 saturated carbocycles. The summed E-state index contributed by atoms with van der Waals surface area (Å²) in [6, 6.07) is 13.7. The van der Waals surface area contributed by atoms with E-state index in [9.17, 15) is 14.9 Å². The predicted molar refractivity (Wildman–Crippen MR) is 92.6 cm³/mol. The second-order valence-electron chi connectivity index (χ2n) is 5.80. The molecule has 0 fully saturated rings. The van der Waals surface area contributed by atoms with E-state index in [-0.39, 0.29) is 17.8 Å². The number of fused-ring (bicyclic) bond motifs is 1. The largest absolute Gasteiger partial charge is 0.493 e. The molecule has 130 valence electrons. The molecule has 7 heteroatoms. The SMILES string of the molecule is O=C(NCCc1ccc([N+](=O)[O-])cc1)NC1CCOc2ccccc21. The molecule has 3 rings (SSSR count). The molecule has 1 atom stereocenters. The van der Waals surface area contributed by atoms with Crippen LogP contribution in [0.1, 0.15) is 23.6 Å². The van der Waals surface area contributed by atoms with Crippen LogP contribution in [0.15, 0.2) is 48.5 Å². The topological polar surface area (TPSA) is 93.5 Å². The van der Waals surface area contributed by atoms with Gasteiger partial charge in [0.25, 0.3) is 5.69 Å². The Balaban J connectivity index is 1.48. The van der Waals surface area contributed by atoms with Gasteiger partial charge < -0.3 is 15.4 Å². The van der Waals surface area contributed by atoms with E-state index >= 15 is 0 Å². The summed E-state index contributed by atoms with van der Waals surface area (Å²) in [6.45, 7) is 1.03. The van der Waals surface area contributed by atoms with Crippen molar-refractivity contribution < 1.29 is 14.5 Å². The molecule has 1 unspecified atom stereocenters. The van der Waals surface area contributed by atoms with Crippen molar-refractivity contribution in [3.63, 3.8) is 0 Å². The van der Waals surface area contributed by atoms with Crippen LogP contribution in [0.25, 0.3) is 0 Å². The van der Waals surface area contributed by atoms with Crippen LogP contribution in [0, 0.1) is 10.1 Å². The van der Waals surface area contributed by atoms with Crippen LogP contribution in [-0.2, 0) is 6.42 Å². The number of non-ortho nitro benzene ring substituents is 1. The van der Waals surface area contributed by atoms with Crippen molar-refractivity contribution in [1.29, 1.82) is 0 Å². The number of urea groups is 1. The number of para-hydroxylation sites is 1. The average Bonchev–Trinajstić information content (AvgIpc) is 2.62. The third-order valence-corrected chi connectivity index (χ3v) is 4.11. The number of rotatable bonds is 5. The van der Waals surface area contributed by atoms with E-state index in [1.165, 1.54) is 12.1 Å². The third kappa shape index (κ3) is 4.26. The Hall–Kier alpha value is -3.09. The van der Waals surface area contributed by atoms with Gasteiger partial charge in [0.05, 0.1) is 17.6 Å². The van der Waals surface area contributed by atoms with Gasteiger partial charge in [-0.15, -0.1) is 0 Å². The number of hydrogen-bond donors (Lipinski definition) is 2. The number of carbonyl (C=O) groups excluding carboxylic acids is 1. The van der Waals surface area contributed by atoms with Crippen LogP contribution < -0.4 is 15.4 Å². The molecule has 2 amide bonds. The maximum Gasteiger partial charge on any atom is 0.315 e. The van der Waals surface area contributed by atoms with Gasteiger partial charge in [-0.25, -0.2) is 4.79 Å². The maximum atomic E-state index is 12.1. The molecular weight excluding hydrogens is 322 g/mol. The zero-order valence-electron chi connectivity index (χ0n) is 13.6. The highest BCUT2D eigenvalue weighted by Gasteiger charge is 2.22. The summed E-state index contributed by atoms with van der Waals surface area (Å²) in [6.07, 6.45) is 1.34. The number of nitro benzene ring substituents is 1. The van der Waals surface area contributed by atoms with Gasteiger partial charge in [0.1, 0.15) is 5.75 Å². The third-order valence-electron chi connectivity index (χ3n) is 4.11. The lowest BCUT2D eigenvalue weighted by Crippen LogP contribution is -2.40. The lowest BCUT2D eigenvalue weighted by atomic mass is 10.0. The highest BCUT2D eigenvalue weighted by atomic mass is 16.6. The molecular formula is C18H19N3O4. The minimum absolute atomic E-state index is 0.0626. The molecule has 1 heterocycles. The second kappa shape index (κ2) is 7.65. The van der Waals surface area contributed by atoms with E-state index in [0.29, 0.717) is 19.6 Å². The fourth-order valence-electron chi connectivity index (χ4n) is 2.81.